The van der Waals surface area contributed by atoms with E-state index in [1.165, 1.54) is 5.56 Å². The van der Waals surface area contributed by atoms with Gasteiger partial charge in [-0.1, -0.05) is 26.0 Å². The molecule has 2 aromatic heterocycles. The molecule has 0 saturated carbocycles. The van der Waals surface area contributed by atoms with Crippen LogP contribution in [0.4, 0.5) is 5.82 Å². The van der Waals surface area contributed by atoms with E-state index in [4.69, 9.17) is 25.2 Å². The number of nitrogens with two attached hydrogens (primary N) is 1. The van der Waals surface area contributed by atoms with Crippen LogP contribution in [-0.4, -0.2) is 64.6 Å². The van der Waals surface area contributed by atoms with Crippen molar-refractivity contribution in [1.29, 1.82) is 0 Å². The first-order valence-electron chi connectivity index (χ1n) is 13.5. The molecular weight excluding hydrogens is 492 g/mol. The van der Waals surface area contributed by atoms with Crippen LogP contribution in [0.15, 0.2) is 36.5 Å². The lowest BCUT2D eigenvalue weighted by molar-refractivity contribution is -0.119. The third-order valence-corrected chi connectivity index (χ3v) is 7.39. The summed E-state index contributed by atoms with van der Waals surface area (Å²) in [5, 5.41) is 0. The first-order valence-corrected chi connectivity index (χ1v) is 13.5. The largest absolute Gasteiger partial charge is 0.488 e. The molecule has 1 aliphatic rings. The van der Waals surface area contributed by atoms with Crippen LogP contribution >= 0.6 is 0 Å². The summed E-state index contributed by atoms with van der Waals surface area (Å²) in [5.74, 6) is 2.78. The SMILES string of the molecule is COc1ncccc1-c1nc(C)c(COc2cc(C(C)C)ccc2C)c(N2CC(C)N(CC(N)=O)CC2C)n1. The summed E-state index contributed by atoms with van der Waals surface area (Å²) in [5.41, 5.74) is 10.3. The third-order valence-electron chi connectivity index (χ3n) is 7.39. The standard InChI is InChI=1S/C30H40N6O3/c1-18(2)23-11-10-19(3)26(13-23)39-17-25-22(6)33-28(24-9-8-12-32-30(24)38-7)34-29(25)36-15-20(4)35(14-21(36)5)16-27(31)37/h8-13,18,20-21H,14-17H2,1-7H3,(H2,31,37). The molecule has 208 valence electrons. The summed E-state index contributed by atoms with van der Waals surface area (Å²) in [7, 11) is 1.59. The summed E-state index contributed by atoms with van der Waals surface area (Å²) in [6.45, 7) is 14.6. The Balaban J connectivity index is 1.76. The van der Waals surface area contributed by atoms with E-state index in [9.17, 15) is 4.79 Å². The lowest BCUT2D eigenvalue weighted by Gasteiger charge is -2.45. The maximum atomic E-state index is 11.7. The Morgan fingerprint density at radius 2 is 1.90 bits per heavy atom. The average Bonchev–Trinajstić information content (AvgIpc) is 2.90. The number of aryl methyl sites for hydroxylation is 2. The quantitative estimate of drug-likeness (QED) is 0.436. The molecule has 1 fully saturated rings. The van der Waals surface area contributed by atoms with Gasteiger partial charge >= 0.3 is 0 Å². The van der Waals surface area contributed by atoms with Crippen molar-refractivity contribution in [3.63, 3.8) is 0 Å². The van der Waals surface area contributed by atoms with Crippen LogP contribution in [0.3, 0.4) is 0 Å². The zero-order valence-electron chi connectivity index (χ0n) is 24.1. The van der Waals surface area contributed by atoms with E-state index in [2.05, 4.69) is 67.6 Å². The van der Waals surface area contributed by atoms with Gasteiger partial charge in [0.25, 0.3) is 0 Å². The first-order chi connectivity index (χ1) is 18.6. The van der Waals surface area contributed by atoms with Gasteiger partial charge in [0.1, 0.15) is 18.2 Å². The summed E-state index contributed by atoms with van der Waals surface area (Å²) in [6, 6.07) is 10.3. The molecule has 1 aliphatic heterocycles. The Morgan fingerprint density at radius 1 is 1.13 bits per heavy atom. The first kappa shape index (κ1) is 28.3. The van der Waals surface area contributed by atoms with Crippen molar-refractivity contribution in [2.75, 3.05) is 31.6 Å². The predicted molar refractivity (Wildman–Crippen MR) is 153 cm³/mol. The lowest BCUT2D eigenvalue weighted by atomic mass is 10.0. The molecule has 0 spiro atoms. The van der Waals surface area contributed by atoms with Crippen LogP contribution in [0.1, 0.15) is 56.0 Å². The Hall–Kier alpha value is -3.72. The van der Waals surface area contributed by atoms with Crippen LogP contribution in [0.2, 0.25) is 0 Å². The normalized spacial score (nSPS) is 17.9. The number of methoxy groups -OCH3 is 1. The molecule has 0 radical (unpaired) electrons. The summed E-state index contributed by atoms with van der Waals surface area (Å²) < 4.78 is 12.0. The van der Waals surface area contributed by atoms with E-state index < -0.39 is 0 Å². The Labute approximate surface area is 231 Å². The molecule has 1 saturated heterocycles. The van der Waals surface area contributed by atoms with Crippen LogP contribution in [0.25, 0.3) is 11.4 Å². The van der Waals surface area contributed by atoms with E-state index in [0.29, 0.717) is 37.3 Å². The number of benzene rings is 1. The maximum Gasteiger partial charge on any atom is 0.231 e. The van der Waals surface area contributed by atoms with Crippen molar-refractivity contribution < 1.29 is 14.3 Å². The minimum atomic E-state index is -0.320. The predicted octanol–water partition coefficient (Wildman–Crippen LogP) is 4.25. The van der Waals surface area contributed by atoms with E-state index in [1.54, 1.807) is 13.3 Å². The monoisotopic (exact) mass is 532 g/mol. The number of aromatic nitrogens is 3. The fourth-order valence-electron chi connectivity index (χ4n) is 5.03. The van der Waals surface area contributed by atoms with Gasteiger partial charge < -0.3 is 20.1 Å². The highest BCUT2D eigenvalue weighted by Crippen LogP contribution is 2.33. The van der Waals surface area contributed by atoms with Gasteiger partial charge in [-0.2, -0.15) is 0 Å². The van der Waals surface area contributed by atoms with Gasteiger partial charge in [0, 0.05) is 31.4 Å². The molecule has 1 aromatic carbocycles. The number of rotatable bonds is 9. The number of carbonyl (C=O) groups is 1. The number of hydrogen-bond acceptors (Lipinski definition) is 8. The molecule has 3 heterocycles. The molecule has 9 nitrogen and oxygen atoms in total. The number of piperazine rings is 1. The van der Waals surface area contributed by atoms with E-state index >= 15 is 0 Å². The molecule has 0 bridgehead atoms. The van der Waals surface area contributed by atoms with Crippen molar-refractivity contribution in [1.82, 2.24) is 19.9 Å². The van der Waals surface area contributed by atoms with Crippen LogP contribution in [-0.2, 0) is 11.4 Å². The number of nitrogens with zero attached hydrogens (tertiary/aromatic N) is 5. The molecular formula is C30H40N6O3. The summed E-state index contributed by atoms with van der Waals surface area (Å²) in [4.78, 5) is 30.4. The molecule has 3 aromatic rings. The number of carbonyl (C=O) groups excluding carboxylic acids is 1. The van der Waals surface area contributed by atoms with Crippen molar-refractivity contribution in [2.24, 2.45) is 5.73 Å². The minimum Gasteiger partial charge on any atom is -0.488 e. The molecule has 4 rings (SSSR count). The zero-order valence-corrected chi connectivity index (χ0v) is 24.1. The number of hydrogen-bond donors (Lipinski definition) is 1. The van der Waals surface area contributed by atoms with Gasteiger partial charge in [0.2, 0.25) is 11.8 Å². The number of pyridine rings is 1. The topological polar surface area (TPSA) is 107 Å². The second-order valence-electron chi connectivity index (χ2n) is 10.7. The maximum absolute atomic E-state index is 11.7. The van der Waals surface area contributed by atoms with E-state index in [0.717, 1.165) is 34.0 Å². The minimum absolute atomic E-state index is 0.0863. The molecule has 0 aliphatic carbocycles. The van der Waals surface area contributed by atoms with Gasteiger partial charge in [-0.25, -0.2) is 15.0 Å². The van der Waals surface area contributed by atoms with Gasteiger partial charge in [0.05, 0.1) is 30.5 Å². The van der Waals surface area contributed by atoms with Crippen LogP contribution in [0.5, 0.6) is 11.6 Å². The van der Waals surface area contributed by atoms with E-state index in [1.807, 2.05) is 19.1 Å². The molecule has 2 unspecified atom stereocenters. The lowest BCUT2D eigenvalue weighted by Crippen LogP contribution is -2.58. The third kappa shape index (κ3) is 6.30. The highest BCUT2D eigenvalue weighted by molar-refractivity contribution is 5.76. The summed E-state index contributed by atoms with van der Waals surface area (Å²) >= 11 is 0. The van der Waals surface area contributed by atoms with Gasteiger partial charge in [-0.15, -0.1) is 0 Å². The number of amides is 1. The second-order valence-corrected chi connectivity index (χ2v) is 10.7. The average molecular weight is 533 g/mol. The van der Waals surface area contributed by atoms with Crippen molar-refractivity contribution in [3.05, 3.63) is 58.9 Å². The Morgan fingerprint density at radius 3 is 2.59 bits per heavy atom. The van der Waals surface area contributed by atoms with Gasteiger partial charge in [-0.05, 0) is 62.9 Å². The molecule has 1 amide bonds. The molecule has 39 heavy (non-hydrogen) atoms. The fraction of sp³-hybridized carbons (Fsp3) is 0.467. The molecule has 2 atom stereocenters. The number of primary amides is 1. The van der Waals surface area contributed by atoms with Crippen LogP contribution < -0.4 is 20.1 Å². The Bertz CT molecular complexity index is 1330. The Kier molecular flexibility index (Phi) is 8.70. The molecule has 9 heteroatoms. The van der Waals surface area contributed by atoms with E-state index in [-0.39, 0.29) is 24.5 Å². The van der Waals surface area contributed by atoms with Crippen LogP contribution in [0, 0.1) is 13.8 Å². The van der Waals surface area contributed by atoms with Crippen molar-refractivity contribution in [2.45, 2.75) is 66.2 Å². The number of anilines is 1. The highest BCUT2D eigenvalue weighted by Gasteiger charge is 2.33. The van der Waals surface area contributed by atoms with Gasteiger partial charge in [-0.3, -0.25) is 9.69 Å². The fourth-order valence-corrected chi connectivity index (χ4v) is 5.03. The van der Waals surface area contributed by atoms with Crippen molar-refractivity contribution in [3.8, 4) is 23.0 Å². The smallest absolute Gasteiger partial charge is 0.231 e. The second kappa shape index (κ2) is 12.0. The van der Waals surface area contributed by atoms with Gasteiger partial charge in [0.15, 0.2) is 5.82 Å². The number of ether oxygens (including phenoxy) is 2. The highest BCUT2D eigenvalue weighted by atomic mass is 16.5. The summed E-state index contributed by atoms with van der Waals surface area (Å²) in [6.07, 6.45) is 1.69. The van der Waals surface area contributed by atoms with Crippen molar-refractivity contribution >= 4 is 11.7 Å². The zero-order chi connectivity index (χ0) is 28.3. The molecule has 2 N–H and O–H groups in total.